The van der Waals surface area contributed by atoms with Gasteiger partial charge in [-0.25, -0.2) is 17.1 Å². The van der Waals surface area contributed by atoms with Crippen molar-refractivity contribution in [2.75, 3.05) is 19.4 Å². The molecule has 0 radical (unpaired) electrons. The van der Waals surface area contributed by atoms with Gasteiger partial charge in [-0.2, -0.15) is 0 Å². The Kier molecular flexibility index (Phi) is 6.10. The molecule has 0 spiro atoms. The molecule has 0 aromatic heterocycles. The molecule has 0 saturated heterocycles. The Morgan fingerprint density at radius 3 is 2.31 bits per heavy atom. The molecule has 0 heterocycles. The third-order valence-electron chi connectivity index (χ3n) is 4.45. The average Bonchev–Trinajstić information content (AvgIpc) is 2.70. The fraction of sp³-hybridized carbons (Fsp3) is 0.136. The predicted octanol–water partition coefficient (Wildman–Crippen LogP) is 3.92. The van der Waals surface area contributed by atoms with Gasteiger partial charge in [0.2, 0.25) is 10.0 Å². The number of amides is 1. The normalized spacial score (nSPS) is 11.4. The maximum Gasteiger partial charge on any atom is 0.255 e. The first kappa shape index (κ1) is 20.7. The summed E-state index contributed by atoms with van der Waals surface area (Å²) in [4.78, 5) is 12.2. The number of benzene rings is 3. The molecular weight excluding hydrogens is 391 g/mol. The zero-order valence-electron chi connectivity index (χ0n) is 16.1. The van der Waals surface area contributed by atoms with Crippen LogP contribution in [0.15, 0.2) is 77.7 Å². The topological polar surface area (TPSA) is 66.5 Å². The van der Waals surface area contributed by atoms with Gasteiger partial charge in [-0.3, -0.25) is 4.79 Å². The lowest BCUT2D eigenvalue weighted by Crippen LogP contribution is -2.24. The minimum atomic E-state index is -4.01. The summed E-state index contributed by atoms with van der Waals surface area (Å²) in [5, 5.41) is 2.80. The summed E-state index contributed by atoms with van der Waals surface area (Å²) in [7, 11) is -1.39. The highest BCUT2D eigenvalue weighted by Crippen LogP contribution is 2.22. The number of halogens is 1. The predicted molar refractivity (Wildman–Crippen MR) is 111 cm³/mol. The van der Waals surface area contributed by atoms with Gasteiger partial charge < -0.3 is 5.32 Å². The maximum atomic E-state index is 14.1. The molecule has 0 aliphatic heterocycles. The molecule has 0 aliphatic rings. The highest BCUT2D eigenvalue weighted by molar-refractivity contribution is 7.89. The van der Waals surface area contributed by atoms with Crippen molar-refractivity contribution >= 4 is 21.6 Å². The van der Waals surface area contributed by atoms with E-state index < -0.39 is 26.6 Å². The fourth-order valence-corrected chi connectivity index (χ4v) is 3.83. The Balaban J connectivity index is 1.88. The van der Waals surface area contributed by atoms with Crippen molar-refractivity contribution in [3.8, 4) is 0 Å². The molecule has 3 aromatic carbocycles. The van der Waals surface area contributed by atoms with Gasteiger partial charge in [0, 0.05) is 25.3 Å². The van der Waals surface area contributed by atoms with Crippen LogP contribution in [0.5, 0.6) is 0 Å². The number of carbonyl (C=O) groups is 1. The molecule has 1 N–H and O–H groups in total. The van der Waals surface area contributed by atoms with Crippen molar-refractivity contribution in [2.24, 2.45) is 0 Å². The quantitative estimate of drug-likeness (QED) is 0.667. The molecule has 0 unspecified atom stereocenters. The van der Waals surface area contributed by atoms with Gasteiger partial charge in [-0.15, -0.1) is 0 Å². The fourth-order valence-electron chi connectivity index (χ4n) is 2.85. The Morgan fingerprint density at radius 2 is 1.62 bits per heavy atom. The lowest BCUT2D eigenvalue weighted by molar-refractivity contribution is 0.102. The SMILES string of the molecule is CN(C)S(=O)(=O)c1cc(C(=O)Nc2ccccc2Cc2ccccc2)ccc1F. The molecule has 29 heavy (non-hydrogen) atoms. The lowest BCUT2D eigenvalue weighted by Gasteiger charge is -2.14. The molecule has 0 bridgehead atoms. The van der Waals surface area contributed by atoms with E-state index in [1.165, 1.54) is 20.2 Å². The van der Waals surface area contributed by atoms with Gasteiger partial charge in [0.15, 0.2) is 0 Å². The van der Waals surface area contributed by atoms with Gasteiger partial charge in [-0.05, 0) is 41.8 Å². The van der Waals surface area contributed by atoms with Crippen LogP contribution in [0.1, 0.15) is 21.5 Å². The van der Waals surface area contributed by atoms with E-state index in [1.54, 1.807) is 12.1 Å². The van der Waals surface area contributed by atoms with E-state index in [0.717, 1.165) is 27.6 Å². The van der Waals surface area contributed by atoms with Gasteiger partial charge in [0.1, 0.15) is 10.7 Å². The van der Waals surface area contributed by atoms with Crippen molar-refractivity contribution < 1.29 is 17.6 Å². The van der Waals surface area contributed by atoms with Crippen LogP contribution in [0.25, 0.3) is 0 Å². The van der Waals surface area contributed by atoms with E-state index in [0.29, 0.717) is 12.1 Å². The minimum absolute atomic E-state index is 0.0568. The summed E-state index contributed by atoms with van der Waals surface area (Å²) in [6.07, 6.45) is 0.626. The summed E-state index contributed by atoms with van der Waals surface area (Å²) in [6, 6.07) is 20.5. The smallest absolute Gasteiger partial charge is 0.255 e. The first-order valence-electron chi connectivity index (χ1n) is 8.94. The van der Waals surface area contributed by atoms with Crippen molar-refractivity contribution in [3.63, 3.8) is 0 Å². The molecule has 5 nitrogen and oxygen atoms in total. The number of anilines is 1. The number of hydrogen-bond donors (Lipinski definition) is 1. The number of rotatable bonds is 6. The number of sulfonamides is 1. The van der Waals surface area contributed by atoms with Crippen molar-refractivity contribution in [1.82, 2.24) is 4.31 Å². The van der Waals surface area contributed by atoms with Crippen molar-refractivity contribution in [2.45, 2.75) is 11.3 Å². The van der Waals surface area contributed by atoms with Crippen LogP contribution in [0.3, 0.4) is 0 Å². The van der Waals surface area contributed by atoms with E-state index in [9.17, 15) is 17.6 Å². The number of nitrogens with zero attached hydrogens (tertiary/aromatic N) is 1. The number of carbonyl (C=O) groups excluding carboxylic acids is 1. The summed E-state index contributed by atoms with van der Waals surface area (Å²) in [5.41, 5.74) is 2.68. The molecule has 3 aromatic rings. The number of para-hydroxylation sites is 1. The molecule has 7 heteroatoms. The third-order valence-corrected chi connectivity index (χ3v) is 6.29. The number of hydrogen-bond acceptors (Lipinski definition) is 3. The molecule has 1 amide bonds. The summed E-state index contributed by atoms with van der Waals surface area (Å²) < 4.78 is 39.6. The zero-order chi connectivity index (χ0) is 21.0. The van der Waals surface area contributed by atoms with Crippen LogP contribution in [0.4, 0.5) is 10.1 Å². The van der Waals surface area contributed by atoms with E-state index in [4.69, 9.17) is 0 Å². The van der Waals surface area contributed by atoms with Crippen LogP contribution in [0.2, 0.25) is 0 Å². The first-order valence-corrected chi connectivity index (χ1v) is 10.4. The molecule has 150 valence electrons. The summed E-state index contributed by atoms with van der Waals surface area (Å²) >= 11 is 0. The summed E-state index contributed by atoms with van der Waals surface area (Å²) in [5.74, 6) is -1.42. The second-order valence-corrected chi connectivity index (χ2v) is 8.83. The largest absolute Gasteiger partial charge is 0.322 e. The molecule has 0 fully saturated rings. The summed E-state index contributed by atoms with van der Waals surface area (Å²) in [6.45, 7) is 0. The Morgan fingerprint density at radius 1 is 0.966 bits per heavy atom. The third kappa shape index (κ3) is 4.70. The van der Waals surface area contributed by atoms with E-state index in [1.807, 2.05) is 42.5 Å². The Hall–Kier alpha value is -3.03. The molecule has 0 saturated carbocycles. The Bertz CT molecular complexity index is 1130. The minimum Gasteiger partial charge on any atom is -0.322 e. The molecule has 3 rings (SSSR count). The highest BCUT2D eigenvalue weighted by atomic mass is 32.2. The van der Waals surface area contributed by atoms with E-state index in [-0.39, 0.29) is 5.56 Å². The second kappa shape index (κ2) is 8.55. The van der Waals surface area contributed by atoms with Gasteiger partial charge >= 0.3 is 0 Å². The second-order valence-electron chi connectivity index (χ2n) is 6.71. The van der Waals surface area contributed by atoms with Gasteiger partial charge in [0.25, 0.3) is 5.91 Å². The van der Waals surface area contributed by atoms with Gasteiger partial charge in [0.05, 0.1) is 0 Å². The van der Waals surface area contributed by atoms with Crippen LogP contribution in [-0.4, -0.2) is 32.7 Å². The van der Waals surface area contributed by atoms with Gasteiger partial charge in [-0.1, -0.05) is 48.5 Å². The number of nitrogens with one attached hydrogen (secondary N) is 1. The molecular formula is C22H21FN2O3S. The molecule has 0 aliphatic carbocycles. The lowest BCUT2D eigenvalue weighted by atomic mass is 10.0. The van der Waals surface area contributed by atoms with Crippen molar-refractivity contribution in [3.05, 3.63) is 95.3 Å². The monoisotopic (exact) mass is 412 g/mol. The highest BCUT2D eigenvalue weighted by Gasteiger charge is 2.23. The maximum absolute atomic E-state index is 14.1. The zero-order valence-corrected chi connectivity index (χ0v) is 16.9. The van der Waals surface area contributed by atoms with E-state index in [2.05, 4.69) is 5.32 Å². The van der Waals surface area contributed by atoms with E-state index >= 15 is 0 Å². The van der Waals surface area contributed by atoms with Crippen LogP contribution < -0.4 is 5.32 Å². The van der Waals surface area contributed by atoms with Crippen LogP contribution >= 0.6 is 0 Å². The van der Waals surface area contributed by atoms with Crippen molar-refractivity contribution in [1.29, 1.82) is 0 Å². The van der Waals surface area contributed by atoms with Crippen LogP contribution in [0, 0.1) is 5.82 Å². The molecule has 0 atom stereocenters. The standard InChI is InChI=1S/C22H21FN2O3S/c1-25(2)29(27,28)21-15-18(12-13-19(21)23)22(26)24-20-11-7-6-10-17(20)14-16-8-4-3-5-9-16/h3-13,15H,14H2,1-2H3,(H,24,26). The van der Waals surface area contributed by atoms with Crippen LogP contribution in [-0.2, 0) is 16.4 Å². The average molecular weight is 412 g/mol. The first-order chi connectivity index (χ1) is 13.8. The Labute approximate surface area is 169 Å².